The van der Waals surface area contributed by atoms with Crippen LogP contribution in [0, 0.1) is 13.8 Å². The largest absolute Gasteiger partial charge is 0.328 e. The first-order valence-corrected chi connectivity index (χ1v) is 8.70. The van der Waals surface area contributed by atoms with Gasteiger partial charge in [-0.15, -0.1) is 0 Å². The zero-order valence-corrected chi connectivity index (χ0v) is 14.6. The molecule has 7 heteroatoms. The van der Waals surface area contributed by atoms with Crippen molar-refractivity contribution in [3.63, 3.8) is 0 Å². The number of fused-ring (bicyclic) bond motifs is 6. The monoisotopic (exact) mass is 336 g/mol. The SMILES string of the molecule is Cc1cc2ncc3c(n2n1)C[C@@H]1CC[C@H]3N1C(=O)c1cn(C)nc1C. The molecule has 3 aromatic rings. The molecule has 0 aliphatic carbocycles. The number of carbonyl (C=O) groups is 1. The molecule has 2 bridgehead atoms. The first kappa shape index (κ1) is 14.6. The van der Waals surface area contributed by atoms with Gasteiger partial charge in [-0.25, -0.2) is 9.50 Å². The highest BCUT2D eigenvalue weighted by atomic mass is 16.2. The van der Waals surface area contributed by atoms with Crippen LogP contribution in [0.2, 0.25) is 0 Å². The minimum atomic E-state index is 0.0838. The Morgan fingerprint density at radius 1 is 1.24 bits per heavy atom. The van der Waals surface area contributed by atoms with Crippen LogP contribution >= 0.6 is 0 Å². The molecule has 128 valence electrons. The molecular weight excluding hydrogens is 316 g/mol. The highest BCUT2D eigenvalue weighted by Gasteiger charge is 2.44. The highest BCUT2D eigenvalue weighted by Crippen LogP contribution is 2.44. The lowest BCUT2D eigenvalue weighted by molar-refractivity contribution is 0.0642. The van der Waals surface area contributed by atoms with Crippen LogP contribution < -0.4 is 0 Å². The summed E-state index contributed by atoms with van der Waals surface area (Å²) in [7, 11) is 1.85. The van der Waals surface area contributed by atoms with Gasteiger partial charge in [0.05, 0.1) is 28.7 Å². The highest BCUT2D eigenvalue weighted by molar-refractivity contribution is 5.96. The van der Waals surface area contributed by atoms with Crippen LogP contribution in [-0.2, 0) is 13.5 Å². The number of rotatable bonds is 1. The predicted octanol–water partition coefficient (Wildman–Crippen LogP) is 1.98. The Balaban J connectivity index is 1.60. The van der Waals surface area contributed by atoms with E-state index in [2.05, 4.69) is 20.1 Å². The van der Waals surface area contributed by atoms with Crippen molar-refractivity contribution in [2.75, 3.05) is 0 Å². The van der Waals surface area contributed by atoms with Crippen LogP contribution in [0.15, 0.2) is 18.5 Å². The molecule has 0 unspecified atom stereocenters. The van der Waals surface area contributed by atoms with Crippen molar-refractivity contribution in [1.29, 1.82) is 0 Å². The molecule has 1 saturated heterocycles. The van der Waals surface area contributed by atoms with E-state index < -0.39 is 0 Å². The Morgan fingerprint density at radius 2 is 2.08 bits per heavy atom. The molecule has 1 amide bonds. The standard InChI is InChI=1S/C18H20N6O/c1-10-6-17-19-8-13-15-5-4-12(7-16(13)24(17)20-10)23(15)18(25)14-9-22(3)21-11(14)2/h6,8-9,12,15H,4-5,7H2,1-3H3/t12-,15+/m0/s1. The molecule has 5 heterocycles. The summed E-state index contributed by atoms with van der Waals surface area (Å²) >= 11 is 0. The summed E-state index contributed by atoms with van der Waals surface area (Å²) in [5, 5.41) is 8.93. The molecule has 0 radical (unpaired) electrons. The summed E-state index contributed by atoms with van der Waals surface area (Å²) in [4.78, 5) is 19.8. The number of hydrogen-bond donors (Lipinski definition) is 0. The van der Waals surface area contributed by atoms with E-state index in [-0.39, 0.29) is 18.0 Å². The van der Waals surface area contributed by atoms with Crippen LogP contribution in [0.1, 0.15) is 51.9 Å². The van der Waals surface area contributed by atoms with Crippen molar-refractivity contribution in [2.24, 2.45) is 7.05 Å². The van der Waals surface area contributed by atoms with E-state index in [1.165, 1.54) is 5.69 Å². The summed E-state index contributed by atoms with van der Waals surface area (Å²) in [5.74, 6) is 0.0838. The van der Waals surface area contributed by atoms with E-state index in [1.807, 2.05) is 43.9 Å². The van der Waals surface area contributed by atoms with Crippen molar-refractivity contribution in [3.05, 3.63) is 46.7 Å². The number of nitrogens with zero attached hydrogens (tertiary/aromatic N) is 6. The Labute approximate surface area is 145 Å². The normalized spacial score (nSPS) is 21.8. The van der Waals surface area contributed by atoms with Crippen molar-refractivity contribution in [3.8, 4) is 0 Å². The number of aromatic nitrogens is 5. The zero-order valence-electron chi connectivity index (χ0n) is 14.6. The third-order valence-corrected chi connectivity index (χ3v) is 5.51. The van der Waals surface area contributed by atoms with Crippen LogP contribution in [0.5, 0.6) is 0 Å². The fourth-order valence-corrected chi connectivity index (χ4v) is 4.46. The average Bonchev–Trinajstić information content (AvgIpc) is 3.21. The van der Waals surface area contributed by atoms with Gasteiger partial charge in [-0.05, 0) is 26.7 Å². The number of aryl methyl sites for hydroxylation is 3. The van der Waals surface area contributed by atoms with Gasteiger partial charge in [0.1, 0.15) is 0 Å². The molecule has 2 aliphatic heterocycles. The van der Waals surface area contributed by atoms with E-state index >= 15 is 0 Å². The first-order chi connectivity index (χ1) is 12.0. The molecule has 0 N–H and O–H groups in total. The molecule has 1 fully saturated rings. The van der Waals surface area contributed by atoms with Crippen LogP contribution in [0.3, 0.4) is 0 Å². The molecule has 0 spiro atoms. The zero-order chi connectivity index (χ0) is 17.3. The maximum Gasteiger partial charge on any atom is 0.258 e. The second-order valence-electron chi connectivity index (χ2n) is 7.18. The van der Waals surface area contributed by atoms with Gasteiger partial charge in [0.2, 0.25) is 0 Å². The summed E-state index contributed by atoms with van der Waals surface area (Å²) in [6.45, 7) is 3.88. The van der Waals surface area contributed by atoms with E-state index in [9.17, 15) is 4.79 Å². The summed E-state index contributed by atoms with van der Waals surface area (Å²) in [5.41, 5.74) is 5.69. The molecule has 5 rings (SSSR count). The van der Waals surface area contributed by atoms with Crippen LogP contribution in [0.4, 0.5) is 0 Å². The lowest BCUT2D eigenvalue weighted by Crippen LogP contribution is -2.42. The maximum atomic E-state index is 13.2. The fraction of sp³-hybridized carbons (Fsp3) is 0.444. The first-order valence-electron chi connectivity index (χ1n) is 8.70. The van der Waals surface area contributed by atoms with Crippen LogP contribution in [0.25, 0.3) is 5.65 Å². The molecule has 7 nitrogen and oxygen atoms in total. The summed E-state index contributed by atoms with van der Waals surface area (Å²) in [6, 6.07) is 2.31. The number of hydrogen-bond acceptors (Lipinski definition) is 4. The lowest BCUT2D eigenvalue weighted by atomic mass is 9.98. The molecule has 0 aromatic carbocycles. The Bertz CT molecular complexity index is 1020. The molecular formula is C18H20N6O. The van der Waals surface area contributed by atoms with E-state index in [0.29, 0.717) is 5.56 Å². The number of carbonyl (C=O) groups excluding carboxylic acids is 1. The second kappa shape index (κ2) is 4.91. The third-order valence-electron chi connectivity index (χ3n) is 5.51. The number of amides is 1. The van der Waals surface area contributed by atoms with Crippen LogP contribution in [-0.4, -0.2) is 41.2 Å². The van der Waals surface area contributed by atoms with Gasteiger partial charge in [-0.2, -0.15) is 10.2 Å². The molecule has 0 saturated carbocycles. The Hall–Kier alpha value is -2.70. The van der Waals surface area contributed by atoms with Gasteiger partial charge in [-0.1, -0.05) is 0 Å². The minimum Gasteiger partial charge on any atom is -0.328 e. The molecule has 2 aliphatic rings. The minimum absolute atomic E-state index is 0.0838. The summed E-state index contributed by atoms with van der Waals surface area (Å²) in [6.07, 6.45) is 6.60. The van der Waals surface area contributed by atoms with Gasteiger partial charge in [0.25, 0.3) is 5.91 Å². The maximum absolute atomic E-state index is 13.2. The molecule has 2 atom stereocenters. The van der Waals surface area contributed by atoms with Gasteiger partial charge >= 0.3 is 0 Å². The van der Waals surface area contributed by atoms with Crippen molar-refractivity contribution in [1.82, 2.24) is 29.3 Å². The smallest absolute Gasteiger partial charge is 0.258 e. The van der Waals surface area contributed by atoms with Gasteiger partial charge in [0.15, 0.2) is 5.65 Å². The molecule has 3 aromatic heterocycles. The van der Waals surface area contributed by atoms with Crippen molar-refractivity contribution < 1.29 is 4.79 Å². The Morgan fingerprint density at radius 3 is 2.84 bits per heavy atom. The van der Waals surface area contributed by atoms with E-state index in [0.717, 1.165) is 41.9 Å². The Kier molecular flexibility index (Phi) is 2.87. The predicted molar refractivity (Wildman–Crippen MR) is 91.3 cm³/mol. The molecule has 25 heavy (non-hydrogen) atoms. The van der Waals surface area contributed by atoms with Gasteiger partial charge in [0, 0.05) is 43.5 Å². The fourth-order valence-electron chi connectivity index (χ4n) is 4.46. The lowest BCUT2D eigenvalue weighted by Gasteiger charge is -2.36. The van der Waals surface area contributed by atoms with E-state index in [1.54, 1.807) is 4.68 Å². The second-order valence-corrected chi connectivity index (χ2v) is 7.18. The van der Waals surface area contributed by atoms with Crippen molar-refractivity contribution >= 4 is 11.6 Å². The quantitative estimate of drug-likeness (QED) is 0.681. The topological polar surface area (TPSA) is 68.3 Å². The average molecular weight is 336 g/mol. The summed E-state index contributed by atoms with van der Waals surface area (Å²) < 4.78 is 3.67. The van der Waals surface area contributed by atoms with E-state index in [4.69, 9.17) is 0 Å². The van der Waals surface area contributed by atoms with Crippen molar-refractivity contribution in [2.45, 2.75) is 45.2 Å². The third kappa shape index (κ3) is 1.98. The van der Waals surface area contributed by atoms with Gasteiger partial charge in [-0.3, -0.25) is 9.48 Å². The van der Waals surface area contributed by atoms with Gasteiger partial charge < -0.3 is 4.90 Å².